The molecule has 0 saturated heterocycles. The number of ether oxygens (including phenoxy) is 3. The van der Waals surface area contributed by atoms with E-state index in [2.05, 4.69) is 27.2 Å². The molecule has 1 amide bonds. The molecule has 8 heteroatoms. The number of fused-ring (bicyclic) bond motifs is 1. The zero-order chi connectivity index (χ0) is 18.7. The number of benzene rings is 1. The maximum atomic E-state index is 13.1. The molecule has 2 heterocycles. The highest BCUT2D eigenvalue weighted by Gasteiger charge is 2.26. The zero-order valence-corrected chi connectivity index (χ0v) is 15.6. The fourth-order valence-corrected chi connectivity index (χ4v) is 2.93. The summed E-state index contributed by atoms with van der Waals surface area (Å²) in [5.41, 5.74) is 0.384. The normalized spacial score (nSPS) is 11.9. The van der Waals surface area contributed by atoms with Crippen molar-refractivity contribution >= 4 is 33.7 Å². The molecule has 0 radical (unpaired) electrons. The summed E-state index contributed by atoms with van der Waals surface area (Å²) in [7, 11) is 1.26. The van der Waals surface area contributed by atoms with Crippen LogP contribution in [0.5, 0.6) is 11.5 Å². The lowest BCUT2D eigenvalue weighted by molar-refractivity contribution is 0.0565. The van der Waals surface area contributed by atoms with E-state index in [0.29, 0.717) is 34.5 Å². The van der Waals surface area contributed by atoms with Crippen molar-refractivity contribution in [2.75, 3.05) is 25.3 Å². The predicted octanol–water partition coefficient (Wildman–Crippen LogP) is 3.78. The molecule has 1 aliphatic rings. The van der Waals surface area contributed by atoms with Gasteiger partial charge in [0, 0.05) is 17.1 Å². The number of rotatable bonds is 6. The van der Waals surface area contributed by atoms with E-state index in [1.165, 1.54) is 18.1 Å². The third-order valence-electron chi connectivity index (χ3n) is 3.74. The zero-order valence-electron chi connectivity index (χ0n) is 14.0. The average Bonchev–Trinajstić information content (AvgIpc) is 3.29. The van der Waals surface area contributed by atoms with E-state index in [1.807, 2.05) is 0 Å². The lowest BCUT2D eigenvalue weighted by Gasteiger charge is -2.20. The van der Waals surface area contributed by atoms with E-state index in [4.69, 9.17) is 13.9 Å². The third-order valence-corrected chi connectivity index (χ3v) is 4.40. The Bertz CT molecular complexity index is 859. The molecule has 0 unspecified atom stereocenters. The maximum absolute atomic E-state index is 13.1. The Morgan fingerprint density at radius 3 is 2.73 bits per heavy atom. The van der Waals surface area contributed by atoms with E-state index in [9.17, 15) is 9.59 Å². The van der Waals surface area contributed by atoms with Gasteiger partial charge >= 0.3 is 5.97 Å². The minimum Gasteiger partial charge on any atom is -0.463 e. The van der Waals surface area contributed by atoms with Gasteiger partial charge in [-0.3, -0.25) is 9.69 Å². The van der Waals surface area contributed by atoms with Gasteiger partial charge in [0.1, 0.15) is 0 Å². The lowest BCUT2D eigenvalue weighted by atomic mass is 10.1. The molecule has 3 rings (SSSR count). The van der Waals surface area contributed by atoms with Gasteiger partial charge in [-0.1, -0.05) is 6.08 Å². The molecule has 26 heavy (non-hydrogen) atoms. The van der Waals surface area contributed by atoms with Gasteiger partial charge in [0.05, 0.1) is 12.7 Å². The molecule has 0 spiro atoms. The standard InChI is InChI=1S/C18H16BrNO6/c1-3-4-7-20(16-6-5-13(26-16)18(22)23-2)17(21)11-8-14-15(9-12(11)19)25-10-24-14/h3,5-6,8-9H,1,4,7,10H2,2H3. The van der Waals surface area contributed by atoms with Crippen molar-refractivity contribution in [2.24, 2.45) is 0 Å². The number of hydrogen-bond acceptors (Lipinski definition) is 6. The van der Waals surface area contributed by atoms with E-state index in [-0.39, 0.29) is 24.3 Å². The number of halogens is 1. The molecule has 0 N–H and O–H groups in total. The van der Waals surface area contributed by atoms with Gasteiger partial charge in [-0.15, -0.1) is 6.58 Å². The predicted molar refractivity (Wildman–Crippen MR) is 96.8 cm³/mol. The van der Waals surface area contributed by atoms with E-state index in [1.54, 1.807) is 24.3 Å². The van der Waals surface area contributed by atoms with Crippen LogP contribution >= 0.6 is 15.9 Å². The van der Waals surface area contributed by atoms with Crippen LogP contribution in [-0.2, 0) is 4.74 Å². The number of esters is 1. The molecule has 0 saturated carbocycles. The number of hydrogen-bond donors (Lipinski definition) is 0. The Morgan fingerprint density at radius 1 is 1.31 bits per heavy atom. The summed E-state index contributed by atoms with van der Waals surface area (Å²) in [5.74, 6) is 0.386. The third kappa shape index (κ3) is 3.45. The van der Waals surface area contributed by atoms with Gasteiger partial charge in [0.25, 0.3) is 5.91 Å². The maximum Gasteiger partial charge on any atom is 0.374 e. The molecule has 1 aromatic carbocycles. The largest absolute Gasteiger partial charge is 0.463 e. The van der Waals surface area contributed by atoms with Gasteiger partial charge in [0.2, 0.25) is 18.4 Å². The van der Waals surface area contributed by atoms with Crippen molar-refractivity contribution in [1.29, 1.82) is 0 Å². The molecular weight excluding hydrogens is 406 g/mol. The molecule has 7 nitrogen and oxygen atoms in total. The molecule has 0 fully saturated rings. The molecule has 0 aliphatic carbocycles. The fraction of sp³-hybridized carbons (Fsp3) is 0.222. The van der Waals surface area contributed by atoms with Gasteiger partial charge in [0.15, 0.2) is 11.5 Å². The highest BCUT2D eigenvalue weighted by atomic mass is 79.9. The van der Waals surface area contributed by atoms with E-state index < -0.39 is 5.97 Å². The minimum atomic E-state index is -0.614. The molecule has 0 atom stereocenters. The first-order valence-corrected chi connectivity index (χ1v) is 8.54. The Balaban J connectivity index is 1.95. The summed E-state index contributed by atoms with van der Waals surface area (Å²) in [6, 6.07) is 6.31. The van der Waals surface area contributed by atoms with Gasteiger partial charge in [-0.05, 0) is 40.5 Å². The quantitative estimate of drug-likeness (QED) is 0.521. The number of anilines is 1. The first kappa shape index (κ1) is 18.1. The van der Waals surface area contributed by atoms with Crippen molar-refractivity contribution < 1.29 is 28.2 Å². The van der Waals surface area contributed by atoms with Crippen LogP contribution in [0.15, 0.2) is 45.8 Å². The second-order valence-electron chi connectivity index (χ2n) is 5.35. The van der Waals surface area contributed by atoms with Gasteiger partial charge < -0.3 is 18.6 Å². The Hall–Kier alpha value is -2.74. The number of furan rings is 1. The van der Waals surface area contributed by atoms with Gasteiger partial charge in [-0.25, -0.2) is 4.79 Å². The van der Waals surface area contributed by atoms with Crippen LogP contribution in [0, 0.1) is 0 Å². The number of methoxy groups -OCH3 is 1. The average molecular weight is 422 g/mol. The van der Waals surface area contributed by atoms with Crippen molar-refractivity contribution in [3.63, 3.8) is 0 Å². The SMILES string of the molecule is C=CCCN(C(=O)c1cc2c(cc1Br)OCO2)c1ccc(C(=O)OC)o1. The van der Waals surface area contributed by atoms with Crippen LogP contribution in [0.25, 0.3) is 0 Å². The molecule has 0 bridgehead atoms. The number of amides is 1. The summed E-state index contributed by atoms with van der Waals surface area (Å²) >= 11 is 3.39. The number of carbonyl (C=O) groups is 2. The smallest absolute Gasteiger partial charge is 0.374 e. The van der Waals surface area contributed by atoms with Crippen molar-refractivity contribution in [3.05, 3.63) is 52.7 Å². The molecule has 1 aliphatic heterocycles. The summed E-state index contributed by atoms with van der Waals surface area (Å²) < 4.78 is 21.3. The Labute approximate surface area is 158 Å². The van der Waals surface area contributed by atoms with Crippen LogP contribution in [-0.4, -0.2) is 32.3 Å². The Morgan fingerprint density at radius 2 is 2.04 bits per heavy atom. The Kier molecular flexibility index (Phi) is 5.32. The van der Waals surface area contributed by atoms with Crippen molar-refractivity contribution in [1.82, 2.24) is 0 Å². The first-order valence-electron chi connectivity index (χ1n) is 7.75. The highest BCUT2D eigenvalue weighted by molar-refractivity contribution is 9.10. The molecule has 136 valence electrons. The second kappa shape index (κ2) is 7.65. The van der Waals surface area contributed by atoms with Crippen LogP contribution in [0.2, 0.25) is 0 Å². The molecule has 1 aromatic heterocycles. The fourth-order valence-electron chi connectivity index (χ4n) is 2.44. The van der Waals surface area contributed by atoms with Crippen molar-refractivity contribution in [2.45, 2.75) is 6.42 Å². The highest BCUT2D eigenvalue weighted by Crippen LogP contribution is 2.38. The van der Waals surface area contributed by atoms with Gasteiger partial charge in [-0.2, -0.15) is 0 Å². The van der Waals surface area contributed by atoms with Crippen LogP contribution < -0.4 is 14.4 Å². The summed E-state index contributed by atoms with van der Waals surface area (Å²) in [6.45, 7) is 4.12. The van der Waals surface area contributed by atoms with Crippen LogP contribution in [0.4, 0.5) is 5.88 Å². The number of nitrogens with zero attached hydrogens (tertiary/aromatic N) is 1. The second-order valence-corrected chi connectivity index (χ2v) is 6.20. The van der Waals surface area contributed by atoms with Crippen LogP contribution in [0.3, 0.4) is 0 Å². The summed E-state index contributed by atoms with van der Waals surface area (Å²) in [6.07, 6.45) is 2.24. The van der Waals surface area contributed by atoms with E-state index in [0.717, 1.165) is 0 Å². The first-order chi connectivity index (χ1) is 12.5. The molecule has 2 aromatic rings. The molecular formula is C18H16BrNO6. The minimum absolute atomic E-state index is 0.0173. The monoisotopic (exact) mass is 421 g/mol. The summed E-state index contributed by atoms with van der Waals surface area (Å²) in [5, 5.41) is 0. The lowest BCUT2D eigenvalue weighted by Crippen LogP contribution is -2.31. The van der Waals surface area contributed by atoms with E-state index >= 15 is 0 Å². The number of carbonyl (C=O) groups excluding carboxylic acids is 2. The van der Waals surface area contributed by atoms with Crippen molar-refractivity contribution in [3.8, 4) is 11.5 Å². The van der Waals surface area contributed by atoms with Crippen LogP contribution in [0.1, 0.15) is 27.3 Å². The summed E-state index contributed by atoms with van der Waals surface area (Å²) in [4.78, 5) is 26.1. The topological polar surface area (TPSA) is 78.2 Å².